The molecule has 0 saturated carbocycles. The number of carbonyl (C=O) groups excluding carboxylic acids is 2. The highest BCUT2D eigenvalue weighted by Gasteiger charge is 2.55. The minimum atomic E-state index is 0.0809. The smallest absolute Gasteiger partial charge is 0.159 e. The van der Waals surface area contributed by atoms with Crippen molar-refractivity contribution >= 4 is 11.6 Å². The Kier molecular flexibility index (Phi) is 6.55. The van der Waals surface area contributed by atoms with Crippen LogP contribution in [0.4, 0.5) is 0 Å². The molecule has 0 amide bonds. The van der Waals surface area contributed by atoms with Crippen LogP contribution in [-0.4, -0.2) is 11.6 Å². The lowest BCUT2D eigenvalue weighted by Crippen LogP contribution is -2.31. The van der Waals surface area contributed by atoms with Gasteiger partial charge >= 0.3 is 0 Å². The lowest BCUT2D eigenvalue weighted by molar-refractivity contribution is -0.118. The average Bonchev–Trinajstić information content (AvgIpc) is 3.01. The second-order valence-electron chi connectivity index (χ2n) is 12.7. The van der Waals surface area contributed by atoms with Gasteiger partial charge in [0.1, 0.15) is 0 Å². The molecule has 0 bridgehead atoms. The molecular formula is C30H48O2. The summed E-state index contributed by atoms with van der Waals surface area (Å²) in [6, 6.07) is 0. The summed E-state index contributed by atoms with van der Waals surface area (Å²) in [5.41, 5.74) is 6.04. The molecule has 0 aliphatic heterocycles. The van der Waals surface area contributed by atoms with Crippen molar-refractivity contribution in [3.8, 4) is 0 Å². The van der Waals surface area contributed by atoms with Crippen LogP contribution in [0.1, 0.15) is 121 Å². The first-order chi connectivity index (χ1) is 14.7. The number of ketones is 2. The molecule has 0 aromatic heterocycles. The molecule has 0 spiro atoms. The average molecular weight is 441 g/mol. The van der Waals surface area contributed by atoms with Crippen LogP contribution in [0, 0.1) is 33.5 Å². The van der Waals surface area contributed by atoms with Crippen LogP contribution in [0.25, 0.3) is 0 Å². The van der Waals surface area contributed by atoms with Gasteiger partial charge in [0.15, 0.2) is 11.6 Å². The number of allylic oxidation sites excluding steroid dienone is 4. The molecule has 4 aliphatic rings. The second kappa shape index (κ2) is 8.24. The largest absolute Gasteiger partial charge is 0.295 e. The van der Waals surface area contributed by atoms with Gasteiger partial charge in [-0.1, -0.05) is 80.4 Å². The zero-order valence-corrected chi connectivity index (χ0v) is 22.6. The molecule has 0 aromatic rings. The van der Waals surface area contributed by atoms with Crippen LogP contribution in [0.2, 0.25) is 0 Å². The van der Waals surface area contributed by atoms with Crippen LogP contribution in [-0.2, 0) is 9.59 Å². The quantitative estimate of drug-likeness (QED) is 0.433. The summed E-state index contributed by atoms with van der Waals surface area (Å²) in [7, 11) is 0. The van der Waals surface area contributed by atoms with E-state index in [4.69, 9.17) is 0 Å². The van der Waals surface area contributed by atoms with Crippen molar-refractivity contribution in [2.75, 3.05) is 0 Å². The van der Waals surface area contributed by atoms with Gasteiger partial charge in [-0.25, -0.2) is 0 Å². The first-order valence-electron chi connectivity index (χ1n) is 13.3. The van der Waals surface area contributed by atoms with Gasteiger partial charge in [0.2, 0.25) is 0 Å². The molecule has 0 radical (unpaired) electrons. The third kappa shape index (κ3) is 3.41. The molecule has 2 nitrogen and oxygen atoms in total. The van der Waals surface area contributed by atoms with Gasteiger partial charge in [-0.3, -0.25) is 9.59 Å². The summed E-state index contributed by atoms with van der Waals surface area (Å²) in [5.74, 6) is 2.02. The Bertz CT molecular complexity index is 867. The van der Waals surface area contributed by atoms with Gasteiger partial charge < -0.3 is 0 Å². The topological polar surface area (TPSA) is 34.1 Å². The fourth-order valence-corrected chi connectivity index (χ4v) is 7.87. The van der Waals surface area contributed by atoms with Gasteiger partial charge in [0.05, 0.1) is 0 Å². The SMILES string of the molecule is CCC1(C)C2=C(C(=O)CCC2)C(C)(C)C1C.CCC1(C)C2=C(CCCC2=O)C(C)(C)C1C. The highest BCUT2D eigenvalue weighted by Crippen LogP contribution is 2.62. The third-order valence-corrected chi connectivity index (χ3v) is 11.1. The molecule has 4 unspecified atom stereocenters. The number of Topliss-reactive ketones (excluding diaryl/α,β-unsaturated/α-hetero) is 2. The highest BCUT2D eigenvalue weighted by molar-refractivity contribution is 5.99. The molecule has 2 heteroatoms. The van der Waals surface area contributed by atoms with Crippen molar-refractivity contribution in [1.29, 1.82) is 0 Å². The van der Waals surface area contributed by atoms with E-state index >= 15 is 0 Å². The molecule has 0 aromatic carbocycles. The summed E-state index contributed by atoms with van der Waals surface area (Å²) in [6.45, 7) is 23.0. The number of hydrogen-bond acceptors (Lipinski definition) is 2. The number of hydrogen-bond donors (Lipinski definition) is 0. The van der Waals surface area contributed by atoms with Crippen molar-refractivity contribution in [3.05, 3.63) is 22.3 Å². The van der Waals surface area contributed by atoms with E-state index in [1.165, 1.54) is 22.3 Å². The van der Waals surface area contributed by atoms with Crippen molar-refractivity contribution in [1.82, 2.24) is 0 Å². The molecule has 0 saturated heterocycles. The van der Waals surface area contributed by atoms with E-state index in [1.54, 1.807) is 0 Å². The second-order valence-corrected chi connectivity index (χ2v) is 12.7. The Morgan fingerprint density at radius 3 is 1.56 bits per heavy atom. The molecule has 0 fully saturated rings. The van der Waals surface area contributed by atoms with E-state index in [-0.39, 0.29) is 21.7 Å². The van der Waals surface area contributed by atoms with Crippen molar-refractivity contribution < 1.29 is 9.59 Å². The Morgan fingerprint density at radius 2 is 1.06 bits per heavy atom. The third-order valence-electron chi connectivity index (χ3n) is 11.1. The summed E-state index contributed by atoms with van der Waals surface area (Å²) in [5, 5.41) is 0. The fourth-order valence-electron chi connectivity index (χ4n) is 7.87. The van der Waals surface area contributed by atoms with Gasteiger partial charge in [-0.15, -0.1) is 0 Å². The molecule has 4 rings (SSSR count). The van der Waals surface area contributed by atoms with Crippen molar-refractivity contribution in [3.63, 3.8) is 0 Å². The zero-order valence-electron chi connectivity index (χ0n) is 22.6. The van der Waals surface area contributed by atoms with E-state index in [0.717, 1.165) is 51.4 Å². The maximum absolute atomic E-state index is 12.2. The first kappa shape index (κ1) is 25.4. The summed E-state index contributed by atoms with van der Waals surface area (Å²) >= 11 is 0. The van der Waals surface area contributed by atoms with Crippen LogP contribution in [0.5, 0.6) is 0 Å². The van der Waals surface area contributed by atoms with E-state index in [0.29, 0.717) is 23.4 Å². The van der Waals surface area contributed by atoms with Crippen LogP contribution < -0.4 is 0 Å². The standard InChI is InChI=1S/2C15H24O/c1-6-15(5)10(2)14(3,4)13-11(15)8-7-9-12(13)16;1-6-15(5)10(2)14(3,4)11-8-7-9-12(16)13(11)15/h2*10H,6-9H2,1-5H3. The predicted octanol–water partition coefficient (Wildman–Crippen LogP) is 8.26. The molecule has 0 N–H and O–H groups in total. The van der Waals surface area contributed by atoms with E-state index in [9.17, 15) is 9.59 Å². The van der Waals surface area contributed by atoms with Crippen molar-refractivity contribution in [2.24, 2.45) is 33.5 Å². The lowest BCUT2D eigenvalue weighted by Gasteiger charge is -2.37. The number of carbonyl (C=O) groups is 2. The Hall–Kier alpha value is -1.18. The summed E-state index contributed by atoms with van der Waals surface area (Å²) < 4.78 is 0. The normalized spacial score (nSPS) is 37.8. The van der Waals surface area contributed by atoms with Gasteiger partial charge in [-0.05, 0) is 72.0 Å². The minimum absolute atomic E-state index is 0.0809. The monoisotopic (exact) mass is 440 g/mol. The Morgan fingerprint density at radius 1 is 0.625 bits per heavy atom. The van der Waals surface area contributed by atoms with Crippen LogP contribution in [0.3, 0.4) is 0 Å². The molecular weight excluding hydrogens is 392 g/mol. The summed E-state index contributed by atoms with van der Waals surface area (Å²) in [6.07, 6.45) is 8.22. The van der Waals surface area contributed by atoms with E-state index < -0.39 is 0 Å². The molecule has 4 atom stereocenters. The molecule has 180 valence electrons. The van der Waals surface area contributed by atoms with Gasteiger partial charge in [0.25, 0.3) is 0 Å². The maximum atomic E-state index is 12.2. The highest BCUT2D eigenvalue weighted by atomic mass is 16.1. The lowest BCUT2D eigenvalue weighted by atomic mass is 9.67. The maximum Gasteiger partial charge on any atom is 0.159 e. The predicted molar refractivity (Wildman–Crippen MR) is 134 cm³/mol. The zero-order chi connectivity index (χ0) is 24.3. The number of rotatable bonds is 2. The minimum Gasteiger partial charge on any atom is -0.295 e. The van der Waals surface area contributed by atoms with E-state index in [2.05, 4.69) is 69.2 Å². The van der Waals surface area contributed by atoms with E-state index in [1.807, 2.05) is 0 Å². The Labute approximate surface area is 197 Å². The van der Waals surface area contributed by atoms with Crippen molar-refractivity contribution in [2.45, 2.75) is 121 Å². The molecule has 32 heavy (non-hydrogen) atoms. The molecule has 4 aliphatic carbocycles. The Balaban J connectivity index is 0.000000181. The fraction of sp³-hybridized carbons (Fsp3) is 0.800. The van der Waals surface area contributed by atoms with Crippen LogP contribution in [0.15, 0.2) is 22.3 Å². The van der Waals surface area contributed by atoms with Crippen LogP contribution >= 0.6 is 0 Å². The first-order valence-corrected chi connectivity index (χ1v) is 13.3. The summed E-state index contributed by atoms with van der Waals surface area (Å²) in [4.78, 5) is 24.4. The van der Waals surface area contributed by atoms with Gasteiger partial charge in [0, 0.05) is 24.0 Å². The molecule has 0 heterocycles. The van der Waals surface area contributed by atoms with Gasteiger partial charge in [-0.2, -0.15) is 0 Å².